The normalized spacial score (nSPS) is 26.7. The van der Waals surface area contributed by atoms with Crippen LogP contribution in [0.4, 0.5) is 0 Å². The van der Waals surface area contributed by atoms with Crippen molar-refractivity contribution in [3.8, 4) is 0 Å². The highest BCUT2D eigenvalue weighted by molar-refractivity contribution is 5.78. The molecule has 19 heavy (non-hydrogen) atoms. The summed E-state index contributed by atoms with van der Waals surface area (Å²) < 4.78 is 0. The maximum absolute atomic E-state index is 11.9. The number of hydrogen-bond donors (Lipinski definition) is 2. The molecule has 1 amide bonds. The van der Waals surface area contributed by atoms with Crippen LogP contribution in [0.5, 0.6) is 0 Å². The summed E-state index contributed by atoms with van der Waals surface area (Å²) in [5, 5.41) is 6.61. The van der Waals surface area contributed by atoms with Gasteiger partial charge in [0.05, 0.1) is 6.54 Å². The number of carbonyl (C=O) groups is 1. The highest BCUT2D eigenvalue weighted by Crippen LogP contribution is 2.60. The Bertz CT molecular complexity index is 313. The van der Waals surface area contributed by atoms with Gasteiger partial charge >= 0.3 is 0 Å². The van der Waals surface area contributed by atoms with Crippen LogP contribution in [0, 0.1) is 11.3 Å². The van der Waals surface area contributed by atoms with Crippen molar-refractivity contribution in [3.05, 3.63) is 0 Å². The number of rotatable bonds is 6. The van der Waals surface area contributed by atoms with Gasteiger partial charge in [-0.2, -0.15) is 0 Å². The molecule has 0 radical (unpaired) electrons. The quantitative estimate of drug-likeness (QED) is 0.724. The first kappa shape index (κ1) is 13.4. The van der Waals surface area contributed by atoms with Crippen molar-refractivity contribution in [1.82, 2.24) is 10.6 Å². The molecule has 3 nitrogen and oxygen atoms in total. The molecule has 0 aromatic heterocycles. The Morgan fingerprint density at radius 3 is 2.26 bits per heavy atom. The summed E-state index contributed by atoms with van der Waals surface area (Å²) in [5.74, 6) is 1.18. The molecule has 3 heteroatoms. The molecule has 0 saturated heterocycles. The largest absolute Gasteiger partial charge is 0.352 e. The zero-order valence-electron chi connectivity index (χ0n) is 12.0. The van der Waals surface area contributed by atoms with E-state index in [1.807, 2.05) is 0 Å². The van der Waals surface area contributed by atoms with Crippen LogP contribution in [-0.4, -0.2) is 25.0 Å². The van der Waals surface area contributed by atoms with E-state index in [4.69, 9.17) is 0 Å². The highest BCUT2D eigenvalue weighted by atomic mass is 16.1. The molecule has 0 aromatic rings. The van der Waals surface area contributed by atoms with E-state index in [1.54, 1.807) is 0 Å². The molecule has 3 aliphatic rings. The van der Waals surface area contributed by atoms with E-state index in [1.165, 1.54) is 64.2 Å². The maximum Gasteiger partial charge on any atom is 0.234 e. The van der Waals surface area contributed by atoms with Gasteiger partial charge in [-0.15, -0.1) is 0 Å². The minimum Gasteiger partial charge on any atom is -0.352 e. The molecular formula is C16H28N2O. The second-order valence-corrected chi connectivity index (χ2v) is 7.00. The lowest BCUT2D eigenvalue weighted by atomic mass is 10.0. The van der Waals surface area contributed by atoms with Gasteiger partial charge in [0.1, 0.15) is 0 Å². The molecule has 0 heterocycles. The predicted octanol–water partition coefficient (Wildman–Crippen LogP) is 2.61. The van der Waals surface area contributed by atoms with Crippen molar-refractivity contribution in [1.29, 1.82) is 0 Å². The molecule has 0 unspecified atom stereocenters. The van der Waals surface area contributed by atoms with Gasteiger partial charge in [-0.1, -0.05) is 25.7 Å². The Morgan fingerprint density at radius 1 is 1.00 bits per heavy atom. The van der Waals surface area contributed by atoms with Crippen molar-refractivity contribution in [2.75, 3.05) is 13.1 Å². The molecule has 3 aliphatic carbocycles. The summed E-state index contributed by atoms with van der Waals surface area (Å²) in [4.78, 5) is 11.9. The first-order chi connectivity index (χ1) is 9.28. The SMILES string of the molecule is O=C(CNCC1(C2CC2)CC1)NC1CCCCCC1. The molecule has 2 N–H and O–H groups in total. The van der Waals surface area contributed by atoms with Gasteiger partial charge < -0.3 is 10.6 Å². The Labute approximate surface area is 116 Å². The van der Waals surface area contributed by atoms with E-state index in [9.17, 15) is 4.79 Å². The van der Waals surface area contributed by atoms with Crippen LogP contribution in [0.2, 0.25) is 0 Å². The van der Waals surface area contributed by atoms with Crippen LogP contribution in [0.15, 0.2) is 0 Å². The summed E-state index contributed by atoms with van der Waals surface area (Å²) in [5.41, 5.74) is 0.600. The molecular weight excluding hydrogens is 236 g/mol. The third-order valence-electron chi connectivity index (χ3n) is 5.32. The first-order valence-electron chi connectivity index (χ1n) is 8.29. The number of hydrogen-bond acceptors (Lipinski definition) is 2. The number of amides is 1. The minimum atomic E-state index is 0.207. The molecule has 0 bridgehead atoms. The van der Waals surface area contributed by atoms with Crippen LogP contribution >= 0.6 is 0 Å². The Balaban J connectivity index is 1.32. The van der Waals surface area contributed by atoms with Gasteiger partial charge in [0.15, 0.2) is 0 Å². The highest BCUT2D eigenvalue weighted by Gasteiger charge is 2.53. The molecule has 0 spiro atoms. The average molecular weight is 264 g/mol. The van der Waals surface area contributed by atoms with E-state index in [-0.39, 0.29) is 5.91 Å². The summed E-state index contributed by atoms with van der Waals surface area (Å²) >= 11 is 0. The van der Waals surface area contributed by atoms with Gasteiger partial charge in [-0.25, -0.2) is 0 Å². The van der Waals surface area contributed by atoms with E-state index in [2.05, 4.69) is 10.6 Å². The van der Waals surface area contributed by atoms with Gasteiger partial charge in [0.2, 0.25) is 5.91 Å². The molecule has 0 aromatic carbocycles. The second-order valence-electron chi connectivity index (χ2n) is 7.00. The molecule has 3 rings (SSSR count). The monoisotopic (exact) mass is 264 g/mol. The molecule has 3 fully saturated rings. The van der Waals surface area contributed by atoms with E-state index < -0.39 is 0 Å². The van der Waals surface area contributed by atoms with Crippen LogP contribution in [-0.2, 0) is 4.79 Å². The fourth-order valence-corrected chi connectivity index (χ4v) is 3.71. The smallest absolute Gasteiger partial charge is 0.234 e. The lowest BCUT2D eigenvalue weighted by Gasteiger charge is -2.18. The zero-order valence-corrected chi connectivity index (χ0v) is 12.0. The van der Waals surface area contributed by atoms with Crippen LogP contribution in [0.3, 0.4) is 0 Å². The van der Waals surface area contributed by atoms with Gasteiger partial charge in [-0.3, -0.25) is 4.79 Å². The molecule has 0 aliphatic heterocycles. The molecule has 3 saturated carbocycles. The van der Waals surface area contributed by atoms with Crippen LogP contribution in [0.1, 0.15) is 64.2 Å². The summed E-state index contributed by atoms with van der Waals surface area (Å²) in [7, 11) is 0. The zero-order chi connectivity index (χ0) is 13.1. The lowest BCUT2D eigenvalue weighted by molar-refractivity contribution is -0.121. The second kappa shape index (κ2) is 5.82. The topological polar surface area (TPSA) is 41.1 Å². The molecule has 108 valence electrons. The Morgan fingerprint density at radius 2 is 1.68 bits per heavy atom. The van der Waals surface area contributed by atoms with Gasteiger partial charge in [-0.05, 0) is 49.9 Å². The summed E-state index contributed by atoms with van der Waals surface area (Å²) in [6, 6.07) is 0.440. The number of nitrogens with one attached hydrogen (secondary N) is 2. The predicted molar refractivity (Wildman–Crippen MR) is 76.9 cm³/mol. The third-order valence-corrected chi connectivity index (χ3v) is 5.32. The Kier molecular flexibility index (Phi) is 4.11. The molecule has 0 atom stereocenters. The summed E-state index contributed by atoms with van der Waals surface area (Å²) in [6.07, 6.45) is 13.2. The first-order valence-corrected chi connectivity index (χ1v) is 8.29. The van der Waals surface area contributed by atoms with Crippen LogP contribution < -0.4 is 10.6 Å². The Hall–Kier alpha value is -0.570. The minimum absolute atomic E-state index is 0.207. The standard InChI is InChI=1S/C16H28N2O/c19-15(18-14-5-3-1-2-4-6-14)11-17-12-16(9-10-16)13-7-8-13/h13-14,17H,1-12H2,(H,18,19). The third kappa shape index (κ3) is 3.71. The van der Waals surface area contributed by atoms with Crippen LogP contribution in [0.25, 0.3) is 0 Å². The van der Waals surface area contributed by atoms with Crippen molar-refractivity contribution < 1.29 is 4.79 Å². The van der Waals surface area contributed by atoms with Crippen molar-refractivity contribution in [3.63, 3.8) is 0 Å². The van der Waals surface area contributed by atoms with Gasteiger partial charge in [0, 0.05) is 12.6 Å². The number of carbonyl (C=O) groups excluding carboxylic acids is 1. The maximum atomic E-state index is 11.9. The average Bonchev–Trinajstić information content (AvgIpc) is 3.25. The fourth-order valence-electron chi connectivity index (χ4n) is 3.71. The van der Waals surface area contributed by atoms with E-state index >= 15 is 0 Å². The summed E-state index contributed by atoms with van der Waals surface area (Å²) in [6.45, 7) is 1.58. The van der Waals surface area contributed by atoms with Crippen molar-refractivity contribution in [2.24, 2.45) is 11.3 Å². The van der Waals surface area contributed by atoms with Gasteiger partial charge in [0.25, 0.3) is 0 Å². The fraction of sp³-hybridized carbons (Fsp3) is 0.938. The van der Waals surface area contributed by atoms with Crippen molar-refractivity contribution in [2.45, 2.75) is 70.3 Å². The van der Waals surface area contributed by atoms with Crippen molar-refractivity contribution >= 4 is 5.91 Å². The lowest BCUT2D eigenvalue weighted by Crippen LogP contribution is -2.41. The van der Waals surface area contributed by atoms with E-state index in [0.29, 0.717) is 18.0 Å². The van der Waals surface area contributed by atoms with E-state index in [0.717, 1.165) is 12.5 Å².